The van der Waals surface area contributed by atoms with Gasteiger partial charge >= 0.3 is 5.69 Å². The Morgan fingerprint density at radius 3 is 2.58 bits per heavy atom. The van der Waals surface area contributed by atoms with Crippen molar-refractivity contribution in [3.8, 4) is 0 Å². The summed E-state index contributed by atoms with van der Waals surface area (Å²) in [5, 5.41) is 0. The highest BCUT2D eigenvalue weighted by atomic mass is 16.2. The van der Waals surface area contributed by atoms with Gasteiger partial charge in [0.15, 0.2) is 0 Å². The number of carbonyl (C=O) groups excluding carboxylic acids is 1. The molecule has 0 saturated heterocycles. The van der Waals surface area contributed by atoms with Crippen molar-refractivity contribution in [1.82, 2.24) is 14.6 Å². The fourth-order valence-electron chi connectivity index (χ4n) is 1.78. The molecule has 0 spiro atoms. The number of nitrogens with zero attached hydrogens (tertiary/aromatic N) is 2. The number of carbonyl (C=O) groups is 1. The number of rotatable bonds is 5. The van der Waals surface area contributed by atoms with Crippen molar-refractivity contribution in [2.45, 2.75) is 40.3 Å². The fraction of sp³-hybridized carbons (Fsp3) is 0.583. The summed E-state index contributed by atoms with van der Waals surface area (Å²) in [6.07, 6.45) is 2.26. The monoisotopic (exact) mass is 268 g/mol. The number of nitrogens with one attached hydrogen (secondary N) is 1. The van der Waals surface area contributed by atoms with Crippen LogP contribution in [0.25, 0.3) is 0 Å². The van der Waals surface area contributed by atoms with Gasteiger partial charge in [-0.05, 0) is 20.3 Å². The van der Waals surface area contributed by atoms with E-state index in [-0.39, 0.29) is 6.54 Å². The summed E-state index contributed by atoms with van der Waals surface area (Å²) < 4.78 is 2.52. The second-order valence-corrected chi connectivity index (χ2v) is 5.07. The van der Waals surface area contributed by atoms with Gasteiger partial charge in [-0.2, -0.15) is 0 Å². The summed E-state index contributed by atoms with van der Waals surface area (Å²) >= 11 is 0. The van der Waals surface area contributed by atoms with E-state index in [0.717, 1.165) is 11.0 Å². The molecule has 0 aromatic carbocycles. The fourth-order valence-corrected chi connectivity index (χ4v) is 1.78. The number of aryl methyl sites for hydroxylation is 1. The second-order valence-electron chi connectivity index (χ2n) is 5.07. The van der Waals surface area contributed by atoms with Crippen LogP contribution in [0.15, 0.2) is 21.9 Å². The van der Waals surface area contributed by atoms with Crippen LogP contribution >= 0.6 is 0 Å². The third kappa shape index (κ3) is 3.31. The molecule has 1 amide bonds. The third-order valence-corrected chi connectivity index (χ3v) is 2.90. The molecule has 0 aliphatic rings. The Hall–Kier alpha value is -1.89. The Bertz CT molecular complexity index is 571. The third-order valence-electron chi connectivity index (χ3n) is 2.90. The largest absolute Gasteiger partial charge is 0.330 e. The predicted molar refractivity (Wildman–Crippen MR) is 71.4 cm³/mol. The normalized spacial score (nSPS) is 11.4. The van der Waals surface area contributed by atoms with Crippen molar-refractivity contribution in [2.75, 3.05) is 0 Å². The first-order chi connectivity index (χ1) is 8.83. The van der Waals surface area contributed by atoms with Crippen molar-refractivity contribution in [3.63, 3.8) is 0 Å². The molecule has 1 rings (SSSR count). The maximum absolute atomic E-state index is 12.1. The molecule has 7 nitrogen and oxygen atoms in total. The predicted octanol–water partition coefficient (Wildman–Crippen LogP) is -0.564. The van der Waals surface area contributed by atoms with Gasteiger partial charge in [0.1, 0.15) is 0 Å². The lowest BCUT2D eigenvalue weighted by molar-refractivity contribution is -0.130. The molecule has 1 heterocycles. The molecule has 0 saturated carbocycles. The smallest absolute Gasteiger partial charge is 0.300 e. The summed E-state index contributed by atoms with van der Waals surface area (Å²) in [5.74, 6) is 4.67. The highest BCUT2D eigenvalue weighted by molar-refractivity contribution is 5.81. The van der Waals surface area contributed by atoms with Crippen LogP contribution in [0.5, 0.6) is 0 Å². The molecule has 0 fully saturated rings. The number of hydrogen-bond donors (Lipinski definition) is 2. The molecule has 7 heteroatoms. The van der Waals surface area contributed by atoms with Crippen LogP contribution in [-0.4, -0.2) is 15.0 Å². The molecule has 0 aliphatic carbocycles. The summed E-state index contributed by atoms with van der Waals surface area (Å²) in [6, 6.07) is 1.33. The van der Waals surface area contributed by atoms with Crippen LogP contribution in [0.1, 0.15) is 27.2 Å². The maximum Gasteiger partial charge on any atom is 0.330 e. The Kier molecular flexibility index (Phi) is 4.66. The van der Waals surface area contributed by atoms with Crippen molar-refractivity contribution in [3.05, 3.63) is 33.1 Å². The molecule has 0 radical (unpaired) electrons. The minimum atomic E-state index is -0.941. The molecule has 0 bridgehead atoms. The molecule has 0 atom stereocenters. The lowest BCUT2D eigenvalue weighted by Gasteiger charge is -2.23. The molecule has 19 heavy (non-hydrogen) atoms. The van der Waals surface area contributed by atoms with Crippen molar-refractivity contribution >= 4 is 5.91 Å². The Labute approximate surface area is 111 Å². The van der Waals surface area contributed by atoms with Crippen molar-refractivity contribution in [2.24, 2.45) is 11.3 Å². The van der Waals surface area contributed by atoms with E-state index in [1.54, 1.807) is 13.8 Å². The molecule has 1 aromatic heterocycles. The first kappa shape index (κ1) is 15.2. The number of hydrogen-bond acceptors (Lipinski definition) is 4. The number of hydrazine groups is 1. The molecule has 0 unspecified atom stereocenters. The van der Waals surface area contributed by atoms with Gasteiger partial charge in [-0.3, -0.25) is 19.6 Å². The molecule has 0 aliphatic heterocycles. The minimum absolute atomic E-state index is 0.0156. The van der Waals surface area contributed by atoms with E-state index < -0.39 is 22.6 Å². The van der Waals surface area contributed by atoms with Crippen LogP contribution in [0.4, 0.5) is 0 Å². The van der Waals surface area contributed by atoms with Gasteiger partial charge in [0.25, 0.3) is 5.56 Å². The summed E-state index contributed by atoms with van der Waals surface area (Å²) in [6.45, 7) is 5.70. The summed E-state index contributed by atoms with van der Waals surface area (Å²) in [7, 11) is 0. The lowest BCUT2D eigenvalue weighted by Crippen LogP contribution is -2.48. The number of aromatic nitrogens is 2. The van der Waals surface area contributed by atoms with E-state index in [0.29, 0.717) is 6.54 Å². The summed E-state index contributed by atoms with van der Waals surface area (Å²) in [5.41, 5.74) is 0.269. The van der Waals surface area contributed by atoms with Crippen LogP contribution < -0.4 is 22.5 Å². The van der Waals surface area contributed by atoms with Crippen LogP contribution in [0, 0.1) is 5.41 Å². The zero-order valence-corrected chi connectivity index (χ0v) is 11.5. The van der Waals surface area contributed by atoms with Crippen LogP contribution in [0.3, 0.4) is 0 Å². The standard InChI is InChI=1S/C12H20N4O3/c1-4-6-15-7-5-9(17)16(11(15)19)8-12(2,3)10(18)14-13/h5,7H,4,6,8,13H2,1-3H3,(H,14,18). The SMILES string of the molecule is CCCn1ccc(=O)n(CC(C)(C)C(=O)NN)c1=O. The Balaban J connectivity index is 3.21. The van der Waals surface area contributed by atoms with Crippen molar-refractivity contribution < 1.29 is 4.79 Å². The topological polar surface area (TPSA) is 99.1 Å². The van der Waals surface area contributed by atoms with Gasteiger partial charge in [-0.15, -0.1) is 0 Å². The molecule has 106 valence electrons. The first-order valence-electron chi connectivity index (χ1n) is 6.15. The van der Waals surface area contributed by atoms with Gasteiger partial charge in [0.05, 0.1) is 5.41 Å². The Morgan fingerprint density at radius 1 is 1.42 bits per heavy atom. The van der Waals surface area contributed by atoms with Gasteiger partial charge in [0.2, 0.25) is 5.91 Å². The number of amides is 1. The van der Waals surface area contributed by atoms with Crippen LogP contribution in [-0.2, 0) is 17.9 Å². The zero-order chi connectivity index (χ0) is 14.6. The zero-order valence-electron chi connectivity index (χ0n) is 11.5. The minimum Gasteiger partial charge on any atom is -0.300 e. The summed E-state index contributed by atoms with van der Waals surface area (Å²) in [4.78, 5) is 35.5. The van der Waals surface area contributed by atoms with E-state index >= 15 is 0 Å². The molecular formula is C12H20N4O3. The maximum atomic E-state index is 12.1. The lowest BCUT2D eigenvalue weighted by atomic mass is 9.92. The molecular weight excluding hydrogens is 248 g/mol. The van der Waals surface area contributed by atoms with Gasteiger partial charge in [0, 0.05) is 25.4 Å². The Morgan fingerprint density at radius 2 is 2.05 bits per heavy atom. The average molecular weight is 268 g/mol. The second kappa shape index (κ2) is 5.83. The number of nitrogens with two attached hydrogens (primary N) is 1. The highest BCUT2D eigenvalue weighted by Crippen LogP contribution is 2.15. The highest BCUT2D eigenvalue weighted by Gasteiger charge is 2.28. The first-order valence-corrected chi connectivity index (χ1v) is 6.15. The van der Waals surface area contributed by atoms with E-state index in [4.69, 9.17) is 5.84 Å². The quantitative estimate of drug-likeness (QED) is 0.424. The van der Waals surface area contributed by atoms with Gasteiger partial charge in [-0.25, -0.2) is 10.6 Å². The van der Waals surface area contributed by atoms with E-state index in [1.165, 1.54) is 16.8 Å². The van der Waals surface area contributed by atoms with Gasteiger partial charge in [-0.1, -0.05) is 6.92 Å². The average Bonchev–Trinajstić information content (AvgIpc) is 2.37. The van der Waals surface area contributed by atoms with Gasteiger partial charge < -0.3 is 4.57 Å². The van der Waals surface area contributed by atoms with E-state index in [2.05, 4.69) is 0 Å². The van der Waals surface area contributed by atoms with E-state index in [9.17, 15) is 14.4 Å². The van der Waals surface area contributed by atoms with Crippen molar-refractivity contribution in [1.29, 1.82) is 0 Å². The molecule has 1 aromatic rings. The van der Waals surface area contributed by atoms with Crippen LogP contribution in [0.2, 0.25) is 0 Å². The molecule has 3 N–H and O–H groups in total. The van der Waals surface area contributed by atoms with E-state index in [1.807, 2.05) is 12.3 Å².